The topological polar surface area (TPSA) is 36.3 Å². The molecule has 1 atom stereocenters. The predicted octanol–water partition coefficient (Wildman–Crippen LogP) is 3.18. The van der Waals surface area contributed by atoms with Crippen LogP contribution in [0.1, 0.15) is 59.9 Å². The fraction of sp³-hybridized carbons (Fsp3) is 0.812. The molecule has 0 radical (unpaired) electrons. The summed E-state index contributed by atoms with van der Waals surface area (Å²) in [5, 5.41) is 4.39. The molecule has 0 amide bonds. The van der Waals surface area contributed by atoms with Crippen LogP contribution >= 0.6 is 0 Å². The van der Waals surface area contributed by atoms with Crippen LogP contribution in [-0.4, -0.2) is 34.0 Å². The first kappa shape index (κ1) is 16.9. The van der Waals surface area contributed by atoms with Crippen molar-refractivity contribution in [1.29, 1.82) is 0 Å². The van der Waals surface area contributed by atoms with Gasteiger partial charge in [-0.3, -0.25) is 4.68 Å². The molecule has 4 nitrogen and oxygen atoms in total. The summed E-state index contributed by atoms with van der Waals surface area (Å²) in [4.78, 5) is 0. The zero-order chi connectivity index (χ0) is 17.0. The molecular weight excluding hydrogens is 301 g/mol. The standard InChI is InChI=1S/C16H25BF2N2O2/c1-6-13(11-7-16(18,19)8-11)21-10-12(9-20-21)17-22-14(2,3)15(4,5)23-17/h9-11,13H,6-8H2,1-5H3. The van der Waals surface area contributed by atoms with Crippen molar-refractivity contribution in [3.8, 4) is 0 Å². The van der Waals surface area contributed by atoms with E-state index in [0.717, 1.165) is 11.9 Å². The lowest BCUT2D eigenvalue weighted by molar-refractivity contribution is -0.125. The Kier molecular flexibility index (Phi) is 3.88. The average Bonchev–Trinajstić information content (AvgIpc) is 2.92. The summed E-state index contributed by atoms with van der Waals surface area (Å²) in [6.45, 7) is 10.0. The normalized spacial score (nSPS) is 27.0. The Morgan fingerprint density at radius 2 is 1.83 bits per heavy atom. The van der Waals surface area contributed by atoms with Crippen molar-refractivity contribution in [3.05, 3.63) is 12.4 Å². The number of halogens is 2. The molecule has 1 aliphatic heterocycles. The second-order valence-corrected chi connectivity index (χ2v) is 7.84. The number of alkyl halides is 2. The molecule has 2 aliphatic rings. The summed E-state index contributed by atoms with van der Waals surface area (Å²) in [6, 6.07) is 0.00537. The van der Waals surface area contributed by atoms with Gasteiger partial charge in [0.2, 0.25) is 5.92 Å². The van der Waals surface area contributed by atoms with Gasteiger partial charge in [0.25, 0.3) is 0 Å². The average molecular weight is 326 g/mol. The van der Waals surface area contributed by atoms with Crippen molar-refractivity contribution in [1.82, 2.24) is 9.78 Å². The fourth-order valence-corrected chi connectivity index (χ4v) is 3.35. The van der Waals surface area contributed by atoms with Gasteiger partial charge in [-0.15, -0.1) is 0 Å². The highest BCUT2D eigenvalue weighted by molar-refractivity contribution is 6.61. The molecule has 0 bridgehead atoms. The first-order valence-corrected chi connectivity index (χ1v) is 8.32. The summed E-state index contributed by atoms with van der Waals surface area (Å²) >= 11 is 0. The van der Waals surface area contributed by atoms with E-state index in [1.807, 2.05) is 40.8 Å². The van der Waals surface area contributed by atoms with Crippen LogP contribution in [0.5, 0.6) is 0 Å². The van der Waals surface area contributed by atoms with Crippen LogP contribution in [0.2, 0.25) is 0 Å². The van der Waals surface area contributed by atoms with Gasteiger partial charge >= 0.3 is 7.12 Å². The monoisotopic (exact) mass is 326 g/mol. The predicted molar refractivity (Wildman–Crippen MR) is 84.9 cm³/mol. The lowest BCUT2D eigenvalue weighted by Crippen LogP contribution is -2.41. The van der Waals surface area contributed by atoms with Crippen LogP contribution < -0.4 is 5.46 Å². The fourth-order valence-electron chi connectivity index (χ4n) is 3.35. The minimum Gasteiger partial charge on any atom is -0.399 e. The molecule has 7 heteroatoms. The second-order valence-electron chi connectivity index (χ2n) is 7.84. The molecule has 1 aromatic rings. The number of rotatable bonds is 4. The van der Waals surface area contributed by atoms with Gasteiger partial charge in [-0.25, -0.2) is 8.78 Å². The van der Waals surface area contributed by atoms with E-state index in [1.54, 1.807) is 10.9 Å². The third-order valence-electron chi connectivity index (χ3n) is 5.57. The van der Waals surface area contributed by atoms with E-state index in [1.165, 1.54) is 0 Å². The van der Waals surface area contributed by atoms with Gasteiger partial charge in [0.1, 0.15) is 0 Å². The molecule has 3 rings (SSSR count). The minimum absolute atomic E-state index is 0.00537. The van der Waals surface area contributed by atoms with Crippen LogP contribution in [0, 0.1) is 5.92 Å². The first-order valence-electron chi connectivity index (χ1n) is 8.32. The maximum absolute atomic E-state index is 13.2. The van der Waals surface area contributed by atoms with E-state index in [-0.39, 0.29) is 24.8 Å². The van der Waals surface area contributed by atoms with Gasteiger partial charge in [-0.2, -0.15) is 5.10 Å². The quantitative estimate of drug-likeness (QED) is 0.798. The molecule has 1 aliphatic carbocycles. The molecule has 0 aromatic carbocycles. The van der Waals surface area contributed by atoms with Gasteiger partial charge < -0.3 is 9.31 Å². The zero-order valence-corrected chi connectivity index (χ0v) is 14.5. The second kappa shape index (κ2) is 5.28. The molecule has 2 fully saturated rings. The van der Waals surface area contributed by atoms with Crippen molar-refractivity contribution >= 4 is 12.6 Å². The van der Waals surface area contributed by atoms with E-state index < -0.39 is 24.2 Å². The van der Waals surface area contributed by atoms with Gasteiger partial charge in [-0.05, 0) is 40.0 Å². The highest BCUT2D eigenvalue weighted by Gasteiger charge is 2.52. The summed E-state index contributed by atoms with van der Waals surface area (Å²) in [6.07, 6.45) is 4.30. The Morgan fingerprint density at radius 1 is 1.26 bits per heavy atom. The molecule has 2 heterocycles. The minimum atomic E-state index is -2.50. The molecule has 128 valence electrons. The van der Waals surface area contributed by atoms with Crippen LogP contribution in [0.3, 0.4) is 0 Å². The molecular formula is C16H25BF2N2O2. The molecule has 1 unspecified atom stereocenters. The Labute approximate surface area is 136 Å². The van der Waals surface area contributed by atoms with Crippen molar-refractivity contribution in [3.63, 3.8) is 0 Å². The van der Waals surface area contributed by atoms with Crippen molar-refractivity contribution in [2.24, 2.45) is 5.92 Å². The molecule has 1 saturated heterocycles. The van der Waals surface area contributed by atoms with Crippen molar-refractivity contribution in [2.45, 2.75) is 77.0 Å². The Balaban J connectivity index is 1.73. The highest BCUT2D eigenvalue weighted by atomic mass is 19.3. The number of hydrogen-bond acceptors (Lipinski definition) is 3. The Bertz CT molecular complexity index is 564. The third kappa shape index (κ3) is 2.93. The summed E-state index contributed by atoms with van der Waals surface area (Å²) < 4.78 is 40.1. The summed E-state index contributed by atoms with van der Waals surface area (Å²) in [7, 11) is -0.464. The Morgan fingerprint density at radius 3 is 2.30 bits per heavy atom. The van der Waals surface area contributed by atoms with Crippen LogP contribution in [0.25, 0.3) is 0 Å². The summed E-state index contributed by atoms with van der Waals surface area (Å²) in [5.41, 5.74) is 0.0353. The largest absolute Gasteiger partial charge is 0.498 e. The van der Waals surface area contributed by atoms with Crippen LogP contribution in [0.15, 0.2) is 12.4 Å². The lowest BCUT2D eigenvalue weighted by atomic mass is 9.75. The zero-order valence-electron chi connectivity index (χ0n) is 14.5. The van der Waals surface area contributed by atoms with Crippen LogP contribution in [-0.2, 0) is 9.31 Å². The lowest BCUT2D eigenvalue weighted by Gasteiger charge is -2.39. The van der Waals surface area contributed by atoms with Gasteiger partial charge in [0.05, 0.1) is 17.2 Å². The van der Waals surface area contributed by atoms with Crippen molar-refractivity contribution < 1.29 is 18.1 Å². The molecule has 1 aromatic heterocycles. The molecule has 0 N–H and O–H groups in total. The molecule has 0 spiro atoms. The summed E-state index contributed by atoms with van der Waals surface area (Å²) in [5.74, 6) is -2.51. The maximum atomic E-state index is 13.2. The molecule has 1 saturated carbocycles. The number of aromatic nitrogens is 2. The Hall–Kier alpha value is -0.945. The highest BCUT2D eigenvalue weighted by Crippen LogP contribution is 2.48. The van der Waals surface area contributed by atoms with Gasteiger partial charge in [0, 0.05) is 30.7 Å². The SMILES string of the molecule is CCC(C1CC(F)(F)C1)n1cc(B2OC(C)(C)C(C)(C)O2)cn1. The van der Waals surface area contributed by atoms with Gasteiger partial charge in [-0.1, -0.05) is 6.92 Å². The van der Waals surface area contributed by atoms with Crippen LogP contribution in [0.4, 0.5) is 8.78 Å². The van der Waals surface area contributed by atoms with E-state index in [9.17, 15) is 8.78 Å². The number of nitrogens with zero attached hydrogens (tertiary/aromatic N) is 2. The number of hydrogen-bond donors (Lipinski definition) is 0. The van der Waals surface area contributed by atoms with E-state index >= 15 is 0 Å². The van der Waals surface area contributed by atoms with E-state index in [0.29, 0.717) is 0 Å². The van der Waals surface area contributed by atoms with E-state index in [2.05, 4.69) is 5.10 Å². The first-order chi connectivity index (χ1) is 10.5. The van der Waals surface area contributed by atoms with Crippen molar-refractivity contribution in [2.75, 3.05) is 0 Å². The maximum Gasteiger partial charge on any atom is 0.498 e. The molecule has 23 heavy (non-hydrogen) atoms. The third-order valence-corrected chi connectivity index (χ3v) is 5.57. The van der Waals surface area contributed by atoms with Gasteiger partial charge in [0.15, 0.2) is 0 Å². The smallest absolute Gasteiger partial charge is 0.399 e. The van der Waals surface area contributed by atoms with E-state index in [4.69, 9.17) is 9.31 Å².